The number of carbonyl (C=O) groups excluding carboxylic acids is 1. The Hall–Kier alpha value is -2.84. The van der Waals surface area contributed by atoms with Gasteiger partial charge in [-0.05, 0) is 25.1 Å². The minimum absolute atomic E-state index is 0.287. The molecule has 1 amide bonds. The highest BCUT2D eigenvalue weighted by atomic mass is 19.2. The second-order valence-corrected chi connectivity index (χ2v) is 5.88. The van der Waals surface area contributed by atoms with Gasteiger partial charge in [-0.3, -0.25) is 4.79 Å². The predicted octanol–water partition coefficient (Wildman–Crippen LogP) is 2.17. The van der Waals surface area contributed by atoms with Crippen molar-refractivity contribution in [3.63, 3.8) is 0 Å². The smallest absolute Gasteiger partial charge is 0.257 e. The monoisotopic (exact) mass is 366 g/mol. The van der Waals surface area contributed by atoms with Crippen molar-refractivity contribution in [1.29, 1.82) is 0 Å². The van der Waals surface area contributed by atoms with Crippen LogP contribution in [0.4, 0.5) is 19.0 Å². The van der Waals surface area contributed by atoms with Crippen LogP contribution in [0.25, 0.3) is 0 Å². The zero-order valence-corrected chi connectivity index (χ0v) is 14.3. The molecule has 1 aliphatic heterocycles. The molecule has 3 rings (SSSR count). The SMILES string of the molecule is COc1c(F)c(F)cc(C(=O)N2CCN(c3ccc(C)nn3)CC2)c1F. The Balaban J connectivity index is 1.75. The van der Waals surface area contributed by atoms with Gasteiger partial charge in [-0.25, -0.2) is 8.78 Å². The van der Waals surface area contributed by atoms with Gasteiger partial charge in [0.15, 0.2) is 23.2 Å². The van der Waals surface area contributed by atoms with E-state index in [4.69, 9.17) is 0 Å². The molecule has 1 aliphatic rings. The van der Waals surface area contributed by atoms with Crippen molar-refractivity contribution in [2.24, 2.45) is 0 Å². The van der Waals surface area contributed by atoms with Gasteiger partial charge in [0, 0.05) is 26.2 Å². The van der Waals surface area contributed by atoms with E-state index in [1.54, 1.807) is 0 Å². The Morgan fingerprint density at radius 3 is 2.35 bits per heavy atom. The summed E-state index contributed by atoms with van der Waals surface area (Å²) in [5, 5.41) is 8.08. The molecule has 1 aromatic carbocycles. The van der Waals surface area contributed by atoms with E-state index in [2.05, 4.69) is 14.9 Å². The van der Waals surface area contributed by atoms with E-state index in [9.17, 15) is 18.0 Å². The number of hydrogen-bond donors (Lipinski definition) is 0. The lowest BCUT2D eigenvalue weighted by Gasteiger charge is -2.35. The van der Waals surface area contributed by atoms with Crippen LogP contribution in [0.5, 0.6) is 5.75 Å². The van der Waals surface area contributed by atoms with E-state index in [-0.39, 0.29) is 13.1 Å². The molecule has 0 aliphatic carbocycles. The molecule has 0 saturated carbocycles. The third-order valence-electron chi connectivity index (χ3n) is 4.23. The Morgan fingerprint density at radius 2 is 1.77 bits per heavy atom. The maximum atomic E-state index is 14.3. The average Bonchev–Trinajstić information content (AvgIpc) is 2.65. The van der Waals surface area contributed by atoms with Crippen molar-refractivity contribution in [1.82, 2.24) is 15.1 Å². The molecule has 0 bridgehead atoms. The lowest BCUT2D eigenvalue weighted by Crippen LogP contribution is -2.49. The normalized spacial score (nSPS) is 14.5. The summed E-state index contributed by atoms with van der Waals surface area (Å²) in [4.78, 5) is 15.9. The largest absolute Gasteiger partial charge is 0.491 e. The maximum Gasteiger partial charge on any atom is 0.257 e. The number of nitrogens with zero attached hydrogens (tertiary/aromatic N) is 4. The first kappa shape index (κ1) is 18.0. The number of halogens is 3. The highest BCUT2D eigenvalue weighted by Crippen LogP contribution is 2.28. The summed E-state index contributed by atoms with van der Waals surface area (Å²) < 4.78 is 46.0. The Morgan fingerprint density at radius 1 is 1.08 bits per heavy atom. The number of hydrogen-bond acceptors (Lipinski definition) is 5. The van der Waals surface area contributed by atoms with Crippen LogP contribution in [0, 0.1) is 24.4 Å². The lowest BCUT2D eigenvalue weighted by atomic mass is 10.1. The molecule has 138 valence electrons. The molecule has 9 heteroatoms. The number of carbonyl (C=O) groups is 1. The number of piperazine rings is 1. The minimum Gasteiger partial charge on any atom is -0.491 e. The van der Waals surface area contributed by atoms with Crippen LogP contribution in [0.1, 0.15) is 16.1 Å². The van der Waals surface area contributed by atoms with E-state index in [1.165, 1.54) is 4.90 Å². The van der Waals surface area contributed by atoms with Crippen LogP contribution in [-0.2, 0) is 0 Å². The summed E-state index contributed by atoms with van der Waals surface area (Å²) in [7, 11) is 1.01. The first-order valence-corrected chi connectivity index (χ1v) is 7.98. The number of rotatable bonds is 3. The summed E-state index contributed by atoms with van der Waals surface area (Å²) in [6.07, 6.45) is 0. The molecule has 2 aromatic rings. The summed E-state index contributed by atoms with van der Waals surface area (Å²) in [5.74, 6) is -4.92. The van der Waals surface area contributed by atoms with Crippen LogP contribution in [0.3, 0.4) is 0 Å². The molecule has 0 N–H and O–H groups in total. The van der Waals surface area contributed by atoms with Gasteiger partial charge in [0.1, 0.15) is 0 Å². The molecule has 1 saturated heterocycles. The van der Waals surface area contributed by atoms with Crippen molar-refractivity contribution in [3.8, 4) is 5.75 Å². The molecular formula is C17H17F3N4O2. The molecule has 1 aromatic heterocycles. The van der Waals surface area contributed by atoms with Crippen LogP contribution in [-0.4, -0.2) is 54.3 Å². The zero-order valence-electron chi connectivity index (χ0n) is 14.3. The summed E-state index contributed by atoms with van der Waals surface area (Å²) in [5.41, 5.74) is 0.245. The van der Waals surface area contributed by atoms with Crippen LogP contribution in [0.2, 0.25) is 0 Å². The van der Waals surface area contributed by atoms with Gasteiger partial charge in [-0.2, -0.15) is 9.49 Å². The number of ether oxygens (including phenoxy) is 1. The van der Waals surface area contributed by atoms with Gasteiger partial charge >= 0.3 is 0 Å². The molecule has 0 spiro atoms. The highest BCUT2D eigenvalue weighted by molar-refractivity contribution is 5.95. The number of benzene rings is 1. The number of anilines is 1. The fraction of sp³-hybridized carbons (Fsp3) is 0.353. The Kier molecular flexibility index (Phi) is 4.97. The molecule has 2 heterocycles. The van der Waals surface area contributed by atoms with E-state index in [0.717, 1.165) is 12.8 Å². The number of aromatic nitrogens is 2. The molecule has 0 radical (unpaired) electrons. The third kappa shape index (κ3) is 3.29. The van der Waals surface area contributed by atoms with Crippen LogP contribution in [0.15, 0.2) is 18.2 Å². The lowest BCUT2D eigenvalue weighted by molar-refractivity contribution is 0.0740. The van der Waals surface area contributed by atoms with Crippen molar-refractivity contribution in [2.75, 3.05) is 38.2 Å². The highest BCUT2D eigenvalue weighted by Gasteiger charge is 2.29. The van der Waals surface area contributed by atoms with E-state index >= 15 is 0 Å². The third-order valence-corrected chi connectivity index (χ3v) is 4.23. The van der Waals surface area contributed by atoms with Crippen molar-refractivity contribution >= 4 is 11.7 Å². The average molecular weight is 366 g/mol. The van der Waals surface area contributed by atoms with Gasteiger partial charge in [-0.1, -0.05) is 0 Å². The van der Waals surface area contributed by atoms with Gasteiger partial charge in [0.05, 0.1) is 18.4 Å². The van der Waals surface area contributed by atoms with Crippen molar-refractivity contribution < 1.29 is 22.7 Å². The summed E-state index contributed by atoms with van der Waals surface area (Å²) >= 11 is 0. The molecule has 26 heavy (non-hydrogen) atoms. The van der Waals surface area contributed by atoms with Crippen molar-refractivity contribution in [2.45, 2.75) is 6.92 Å². The molecule has 6 nitrogen and oxygen atoms in total. The molecular weight excluding hydrogens is 349 g/mol. The van der Waals surface area contributed by atoms with E-state index in [1.807, 2.05) is 24.0 Å². The van der Waals surface area contributed by atoms with E-state index in [0.29, 0.717) is 25.0 Å². The fourth-order valence-corrected chi connectivity index (χ4v) is 2.78. The summed E-state index contributed by atoms with van der Waals surface area (Å²) in [6.45, 7) is 3.33. The maximum absolute atomic E-state index is 14.3. The van der Waals surface area contributed by atoms with Gasteiger partial charge in [-0.15, -0.1) is 5.10 Å². The Labute approximate surface area is 148 Å². The van der Waals surface area contributed by atoms with Gasteiger partial charge in [0.25, 0.3) is 5.91 Å². The first-order valence-electron chi connectivity index (χ1n) is 7.98. The second kappa shape index (κ2) is 7.19. The number of aryl methyl sites for hydroxylation is 1. The van der Waals surface area contributed by atoms with Gasteiger partial charge < -0.3 is 14.5 Å². The van der Waals surface area contributed by atoms with Crippen molar-refractivity contribution in [3.05, 3.63) is 46.9 Å². The van der Waals surface area contributed by atoms with Gasteiger partial charge in [0.2, 0.25) is 5.82 Å². The summed E-state index contributed by atoms with van der Waals surface area (Å²) in [6, 6.07) is 4.23. The predicted molar refractivity (Wildman–Crippen MR) is 87.8 cm³/mol. The Bertz CT molecular complexity index is 822. The zero-order chi connectivity index (χ0) is 18.8. The second-order valence-electron chi connectivity index (χ2n) is 5.88. The minimum atomic E-state index is -1.45. The molecule has 0 unspecified atom stereocenters. The van der Waals surface area contributed by atoms with Crippen LogP contribution < -0.4 is 9.64 Å². The quantitative estimate of drug-likeness (QED) is 0.780. The number of amides is 1. The molecule has 0 atom stereocenters. The molecule has 1 fully saturated rings. The number of methoxy groups -OCH3 is 1. The standard InChI is InChI=1S/C17H17F3N4O2/c1-10-3-4-13(22-21-10)23-5-7-24(8-6-23)17(25)11-9-12(18)15(20)16(26-2)14(11)19/h3-4,9H,5-8H2,1-2H3. The topological polar surface area (TPSA) is 58.6 Å². The first-order chi connectivity index (χ1) is 12.4. The van der Waals surface area contributed by atoms with Crippen LogP contribution >= 0.6 is 0 Å². The van der Waals surface area contributed by atoms with E-state index < -0.39 is 34.7 Å². The fourth-order valence-electron chi connectivity index (χ4n) is 2.78.